The van der Waals surface area contributed by atoms with Crippen LogP contribution in [0.2, 0.25) is 0 Å². The van der Waals surface area contributed by atoms with Gasteiger partial charge in [0.2, 0.25) is 6.79 Å². The molecule has 2 aromatic carbocycles. The summed E-state index contributed by atoms with van der Waals surface area (Å²) in [6.07, 6.45) is 0. The van der Waals surface area contributed by atoms with E-state index in [2.05, 4.69) is 0 Å². The third-order valence-corrected chi connectivity index (χ3v) is 4.69. The number of nitrogens with zero attached hydrogens (tertiary/aromatic N) is 1. The summed E-state index contributed by atoms with van der Waals surface area (Å²) >= 11 is 6.21. The normalized spacial score (nSPS) is 15.7. The molecule has 138 valence electrons. The summed E-state index contributed by atoms with van der Waals surface area (Å²) in [5, 5.41) is -0.0788. The Morgan fingerprint density at radius 1 is 1.04 bits per heavy atom. The smallest absolute Gasteiger partial charge is 0.273 e. The lowest BCUT2D eigenvalue weighted by Gasteiger charge is -2.15. The van der Waals surface area contributed by atoms with Crippen LogP contribution in [0.5, 0.6) is 17.2 Å². The monoisotopic (exact) mass is 385 g/mol. The van der Waals surface area contributed by atoms with E-state index < -0.39 is 11.8 Å². The van der Waals surface area contributed by atoms with E-state index >= 15 is 0 Å². The standard InChI is InChI=1S/C20H16ClNO5/c1-2-25-14-6-4-13(5-7-14)17-18(21)20(24)22(19(17)23)10-12-3-8-15-16(9-12)27-11-26-15/h3-9H,2,10-11H2,1H3. The number of amides is 2. The average molecular weight is 386 g/mol. The number of ether oxygens (including phenoxy) is 3. The Kier molecular flexibility index (Phi) is 4.49. The van der Waals surface area contributed by atoms with Crippen molar-refractivity contribution in [2.45, 2.75) is 13.5 Å². The first-order chi connectivity index (χ1) is 13.1. The van der Waals surface area contributed by atoms with Gasteiger partial charge in [-0.1, -0.05) is 29.8 Å². The molecule has 4 rings (SSSR count). The highest BCUT2D eigenvalue weighted by atomic mass is 35.5. The summed E-state index contributed by atoms with van der Waals surface area (Å²) in [7, 11) is 0. The van der Waals surface area contributed by atoms with E-state index in [4.69, 9.17) is 25.8 Å². The van der Waals surface area contributed by atoms with E-state index in [-0.39, 0.29) is 23.9 Å². The summed E-state index contributed by atoms with van der Waals surface area (Å²) in [5.74, 6) is 0.989. The molecule has 0 unspecified atom stereocenters. The minimum Gasteiger partial charge on any atom is -0.494 e. The number of benzene rings is 2. The maximum Gasteiger partial charge on any atom is 0.273 e. The number of rotatable bonds is 5. The molecule has 0 saturated heterocycles. The van der Waals surface area contributed by atoms with Crippen molar-refractivity contribution in [2.24, 2.45) is 0 Å². The first-order valence-electron chi connectivity index (χ1n) is 8.46. The highest BCUT2D eigenvalue weighted by molar-refractivity contribution is 6.55. The molecular weight excluding hydrogens is 370 g/mol. The number of carbonyl (C=O) groups excluding carboxylic acids is 2. The van der Waals surface area contributed by atoms with Crippen molar-refractivity contribution in [1.29, 1.82) is 0 Å². The van der Waals surface area contributed by atoms with E-state index in [1.807, 2.05) is 6.92 Å². The summed E-state index contributed by atoms with van der Waals surface area (Å²) in [6, 6.07) is 12.2. The number of imide groups is 1. The van der Waals surface area contributed by atoms with Gasteiger partial charge in [0, 0.05) is 0 Å². The summed E-state index contributed by atoms with van der Waals surface area (Å²) < 4.78 is 16.0. The lowest BCUT2D eigenvalue weighted by Crippen LogP contribution is -2.30. The van der Waals surface area contributed by atoms with Gasteiger partial charge in [-0.3, -0.25) is 14.5 Å². The van der Waals surface area contributed by atoms with Crippen molar-refractivity contribution in [2.75, 3.05) is 13.4 Å². The third-order valence-electron chi connectivity index (χ3n) is 4.34. The summed E-state index contributed by atoms with van der Waals surface area (Å²) in [5.41, 5.74) is 1.53. The highest BCUT2D eigenvalue weighted by Crippen LogP contribution is 2.36. The van der Waals surface area contributed by atoms with Gasteiger partial charge in [0.05, 0.1) is 18.7 Å². The number of halogens is 1. The second-order valence-electron chi connectivity index (χ2n) is 6.03. The highest BCUT2D eigenvalue weighted by Gasteiger charge is 2.38. The average Bonchev–Trinajstić information content (AvgIpc) is 3.22. The minimum atomic E-state index is -0.511. The topological polar surface area (TPSA) is 65.1 Å². The molecule has 0 saturated carbocycles. The Bertz CT molecular complexity index is 951. The molecule has 2 aromatic rings. The molecule has 2 aliphatic rings. The zero-order chi connectivity index (χ0) is 19.0. The maximum absolute atomic E-state index is 12.9. The van der Waals surface area contributed by atoms with Crippen molar-refractivity contribution in [3.8, 4) is 17.2 Å². The summed E-state index contributed by atoms with van der Waals surface area (Å²) in [4.78, 5) is 26.5. The van der Waals surface area contributed by atoms with Gasteiger partial charge >= 0.3 is 0 Å². The molecule has 0 spiro atoms. The molecule has 0 radical (unpaired) electrons. The van der Waals surface area contributed by atoms with Gasteiger partial charge in [0.15, 0.2) is 11.5 Å². The molecule has 6 nitrogen and oxygen atoms in total. The van der Waals surface area contributed by atoms with Crippen molar-refractivity contribution >= 4 is 29.0 Å². The molecule has 2 amide bonds. The number of hydrogen-bond donors (Lipinski definition) is 0. The fourth-order valence-corrected chi connectivity index (χ4v) is 3.34. The van der Waals surface area contributed by atoms with E-state index in [0.29, 0.717) is 29.4 Å². The SMILES string of the molecule is CCOc1ccc(C2=C(Cl)C(=O)N(Cc3ccc4c(c3)OCO4)C2=O)cc1. The van der Waals surface area contributed by atoms with Crippen LogP contribution in [-0.4, -0.2) is 30.1 Å². The molecule has 2 heterocycles. The van der Waals surface area contributed by atoms with E-state index in [9.17, 15) is 9.59 Å². The van der Waals surface area contributed by atoms with Gasteiger partial charge in [-0.2, -0.15) is 0 Å². The summed E-state index contributed by atoms with van der Waals surface area (Å²) in [6.45, 7) is 2.70. The quantitative estimate of drug-likeness (QED) is 0.739. The molecule has 0 bridgehead atoms. The van der Waals surface area contributed by atoms with Crippen LogP contribution in [0.3, 0.4) is 0 Å². The number of hydrogen-bond acceptors (Lipinski definition) is 5. The van der Waals surface area contributed by atoms with Gasteiger partial charge < -0.3 is 14.2 Å². The predicted molar refractivity (Wildman–Crippen MR) is 98.5 cm³/mol. The second-order valence-corrected chi connectivity index (χ2v) is 6.41. The maximum atomic E-state index is 12.9. The Hall–Kier alpha value is -2.99. The van der Waals surface area contributed by atoms with Crippen LogP contribution in [-0.2, 0) is 16.1 Å². The molecular formula is C20H16ClNO5. The van der Waals surface area contributed by atoms with Crippen molar-refractivity contribution in [1.82, 2.24) is 4.90 Å². The zero-order valence-electron chi connectivity index (χ0n) is 14.5. The van der Waals surface area contributed by atoms with Gasteiger partial charge in [0.1, 0.15) is 10.8 Å². The third kappa shape index (κ3) is 3.13. The van der Waals surface area contributed by atoms with Crippen molar-refractivity contribution < 1.29 is 23.8 Å². The fourth-order valence-electron chi connectivity index (χ4n) is 3.05. The lowest BCUT2D eigenvalue weighted by molar-refractivity contribution is -0.137. The Balaban J connectivity index is 1.57. The molecule has 0 aliphatic carbocycles. The molecule has 7 heteroatoms. The Morgan fingerprint density at radius 3 is 2.52 bits per heavy atom. The van der Waals surface area contributed by atoms with Crippen molar-refractivity contribution in [3.63, 3.8) is 0 Å². The van der Waals surface area contributed by atoms with Crippen LogP contribution in [0.1, 0.15) is 18.1 Å². The van der Waals surface area contributed by atoms with Crippen LogP contribution in [0.4, 0.5) is 0 Å². The van der Waals surface area contributed by atoms with E-state index in [1.165, 1.54) is 0 Å². The molecule has 0 atom stereocenters. The first-order valence-corrected chi connectivity index (χ1v) is 8.84. The van der Waals surface area contributed by atoms with Gasteiger partial charge in [0.25, 0.3) is 11.8 Å². The van der Waals surface area contributed by atoms with Gasteiger partial charge in [-0.25, -0.2) is 0 Å². The molecule has 2 aliphatic heterocycles. The lowest BCUT2D eigenvalue weighted by atomic mass is 10.1. The largest absolute Gasteiger partial charge is 0.494 e. The van der Waals surface area contributed by atoms with E-state index in [0.717, 1.165) is 10.5 Å². The fraction of sp³-hybridized carbons (Fsp3) is 0.200. The zero-order valence-corrected chi connectivity index (χ0v) is 15.3. The number of fused-ring (bicyclic) bond motifs is 1. The van der Waals surface area contributed by atoms with Crippen LogP contribution in [0, 0.1) is 0 Å². The molecule has 0 N–H and O–H groups in total. The predicted octanol–water partition coefficient (Wildman–Crippen LogP) is 3.33. The molecule has 0 fully saturated rings. The second kappa shape index (κ2) is 6.96. The van der Waals surface area contributed by atoms with Crippen LogP contribution in [0.25, 0.3) is 5.57 Å². The molecule has 27 heavy (non-hydrogen) atoms. The first kappa shape index (κ1) is 17.4. The van der Waals surface area contributed by atoms with Crippen LogP contribution >= 0.6 is 11.6 Å². The minimum absolute atomic E-state index is 0.0788. The Labute approximate surface area is 160 Å². The van der Waals surface area contributed by atoms with E-state index in [1.54, 1.807) is 42.5 Å². The molecule has 0 aromatic heterocycles. The van der Waals surface area contributed by atoms with Crippen LogP contribution < -0.4 is 14.2 Å². The Morgan fingerprint density at radius 2 is 1.78 bits per heavy atom. The van der Waals surface area contributed by atoms with Gasteiger partial charge in [-0.05, 0) is 42.3 Å². The van der Waals surface area contributed by atoms with Crippen molar-refractivity contribution in [3.05, 3.63) is 58.6 Å². The van der Waals surface area contributed by atoms with Crippen LogP contribution in [0.15, 0.2) is 47.5 Å². The number of carbonyl (C=O) groups is 2. The van der Waals surface area contributed by atoms with Gasteiger partial charge in [-0.15, -0.1) is 0 Å².